The Kier molecular flexibility index (Phi) is 6.47. The number of carbonyl (C=O) groups excluding carboxylic acids is 1. The number of halogens is 2. The van der Waals surface area contributed by atoms with E-state index in [1.54, 1.807) is 41.1 Å². The number of benzene rings is 3. The van der Waals surface area contributed by atoms with Gasteiger partial charge in [0.15, 0.2) is 5.16 Å². The fourth-order valence-electron chi connectivity index (χ4n) is 3.47. The van der Waals surface area contributed by atoms with Crippen molar-refractivity contribution in [2.45, 2.75) is 17.9 Å². The molecule has 1 amide bonds. The van der Waals surface area contributed by atoms with Crippen molar-refractivity contribution < 1.29 is 13.6 Å². The molecule has 0 aliphatic heterocycles. The van der Waals surface area contributed by atoms with Crippen LogP contribution in [0, 0.1) is 11.6 Å². The molecule has 0 aliphatic rings. The normalized spacial score (nSPS) is 11.3. The quantitative estimate of drug-likeness (QED) is 0.340. The third-order valence-corrected chi connectivity index (χ3v) is 10.1. The van der Waals surface area contributed by atoms with Crippen LogP contribution in [0.1, 0.15) is 0 Å². The smallest absolute Gasteiger partial charge is 0.291 e. The van der Waals surface area contributed by atoms with E-state index in [0.29, 0.717) is 17.0 Å². The number of hydrogen-bond donors (Lipinski definition) is 1. The van der Waals surface area contributed by atoms with Crippen molar-refractivity contribution in [3.63, 3.8) is 0 Å². The molecule has 9 heteroatoms. The van der Waals surface area contributed by atoms with E-state index in [4.69, 9.17) is 0 Å². The zero-order valence-electron chi connectivity index (χ0n) is 17.2. The molecule has 1 N–H and O–H groups in total. The molecule has 162 valence electrons. The van der Waals surface area contributed by atoms with Gasteiger partial charge in [-0.25, -0.2) is 18.4 Å². The molecule has 32 heavy (non-hydrogen) atoms. The van der Waals surface area contributed by atoms with E-state index in [2.05, 4.69) is 21.9 Å². The van der Waals surface area contributed by atoms with Crippen LogP contribution in [0.5, 0.6) is 0 Å². The lowest BCUT2D eigenvalue weighted by Gasteiger charge is -2.29. The van der Waals surface area contributed by atoms with E-state index in [9.17, 15) is 13.6 Å². The van der Waals surface area contributed by atoms with Gasteiger partial charge in [0.05, 0.1) is 0 Å². The molecule has 5 nitrogen and oxygen atoms in total. The summed E-state index contributed by atoms with van der Waals surface area (Å²) >= 11 is 0.949. The van der Waals surface area contributed by atoms with Crippen molar-refractivity contribution in [3.05, 3.63) is 96.8 Å². The van der Waals surface area contributed by atoms with Crippen LogP contribution in [0.3, 0.4) is 0 Å². The molecule has 0 bridgehead atoms. The van der Waals surface area contributed by atoms with Crippen molar-refractivity contribution in [2.75, 3.05) is 5.32 Å². The number of amides is 1. The minimum absolute atomic E-state index is 0.280. The Bertz CT molecular complexity index is 1160. The van der Waals surface area contributed by atoms with Gasteiger partial charge in [-0.05, 0) is 36.4 Å². The lowest BCUT2D eigenvalue weighted by Crippen LogP contribution is -2.59. The summed E-state index contributed by atoms with van der Waals surface area (Å²) in [4.78, 5) is 16.8. The van der Waals surface area contributed by atoms with E-state index in [1.165, 1.54) is 30.6 Å². The summed E-state index contributed by atoms with van der Waals surface area (Å²) < 4.78 is 28.9. The van der Waals surface area contributed by atoms with Crippen molar-refractivity contribution in [3.8, 4) is 0 Å². The highest BCUT2D eigenvalue weighted by molar-refractivity contribution is 8.13. The highest BCUT2D eigenvalue weighted by Gasteiger charge is 2.34. The topological polar surface area (TPSA) is 59.8 Å². The van der Waals surface area contributed by atoms with Gasteiger partial charge < -0.3 is 5.32 Å². The zero-order valence-corrected chi connectivity index (χ0v) is 19.0. The van der Waals surface area contributed by atoms with Crippen LogP contribution < -0.4 is 15.7 Å². The number of para-hydroxylation sites is 1. The molecule has 0 saturated carbocycles. The Morgan fingerprint density at radius 3 is 2.06 bits per heavy atom. The van der Waals surface area contributed by atoms with Crippen molar-refractivity contribution in [2.24, 2.45) is 0 Å². The molecule has 0 fully saturated rings. The maximum absolute atomic E-state index is 13.6. The van der Waals surface area contributed by atoms with Gasteiger partial charge in [-0.2, -0.15) is 5.10 Å². The number of rotatable bonds is 6. The monoisotopic (exact) mass is 466 g/mol. The second-order valence-electron chi connectivity index (χ2n) is 7.43. The van der Waals surface area contributed by atoms with Gasteiger partial charge in [0.2, 0.25) is 0 Å². The van der Waals surface area contributed by atoms with Crippen LogP contribution in [0.4, 0.5) is 19.3 Å². The third kappa shape index (κ3) is 4.95. The molecule has 0 radical (unpaired) electrons. The molecular weight excluding hydrogens is 446 g/mol. The lowest BCUT2D eigenvalue weighted by atomic mass is 10.3. The van der Waals surface area contributed by atoms with E-state index >= 15 is 0 Å². The maximum Gasteiger partial charge on any atom is 0.291 e. The number of thioether (sulfide) groups is 1. The standard InChI is InChI=1S/C23H20F2N4OSSi/c1-32(20-11-7-17(24)8-12-20,21-13-9-18(25)10-14-21)16-29-22(26-15-27-29)31-23(30)28-19-5-3-2-4-6-19/h2-15H,16H2,1H3,(H,28,30). The Morgan fingerprint density at radius 2 is 1.50 bits per heavy atom. The minimum Gasteiger partial charge on any atom is -0.316 e. The van der Waals surface area contributed by atoms with Crippen molar-refractivity contribution >= 4 is 41.1 Å². The van der Waals surface area contributed by atoms with Crippen LogP contribution in [-0.2, 0) is 6.17 Å². The first kappa shape index (κ1) is 21.9. The highest BCUT2D eigenvalue weighted by Crippen LogP contribution is 2.20. The Morgan fingerprint density at radius 1 is 0.938 bits per heavy atom. The maximum atomic E-state index is 13.6. The van der Waals surface area contributed by atoms with Gasteiger partial charge in [-0.1, -0.05) is 59.4 Å². The van der Waals surface area contributed by atoms with Gasteiger partial charge >= 0.3 is 0 Å². The summed E-state index contributed by atoms with van der Waals surface area (Å²) in [6, 6.07) is 21.9. The number of hydrogen-bond acceptors (Lipinski definition) is 4. The van der Waals surface area contributed by atoms with Crippen LogP contribution in [-0.4, -0.2) is 28.1 Å². The zero-order chi connectivity index (χ0) is 22.6. The first-order valence-electron chi connectivity index (χ1n) is 9.88. The summed E-state index contributed by atoms with van der Waals surface area (Å²) in [7, 11) is -2.53. The molecule has 0 saturated heterocycles. The molecule has 1 aromatic heterocycles. The number of aromatic nitrogens is 3. The van der Waals surface area contributed by atoms with Crippen LogP contribution in [0.15, 0.2) is 90.3 Å². The summed E-state index contributed by atoms with van der Waals surface area (Å²) in [6.45, 7) is 2.10. The fourth-order valence-corrected chi connectivity index (χ4v) is 7.57. The molecule has 0 spiro atoms. The van der Waals surface area contributed by atoms with E-state index in [0.717, 1.165) is 22.1 Å². The summed E-state index contributed by atoms with van der Waals surface area (Å²) in [5, 5.41) is 9.25. The summed E-state index contributed by atoms with van der Waals surface area (Å²) in [5.41, 5.74) is 0.688. The second-order valence-corrected chi connectivity index (χ2v) is 12.5. The third-order valence-electron chi connectivity index (χ3n) is 5.21. The molecule has 3 aromatic carbocycles. The number of carbonyl (C=O) groups is 1. The number of nitrogens with zero attached hydrogens (tertiary/aromatic N) is 3. The molecule has 0 aliphatic carbocycles. The second kappa shape index (κ2) is 9.45. The van der Waals surface area contributed by atoms with Gasteiger partial charge in [-0.15, -0.1) is 0 Å². The first-order valence-corrected chi connectivity index (χ1v) is 13.4. The van der Waals surface area contributed by atoms with E-state index in [1.807, 2.05) is 18.2 Å². The molecule has 1 heterocycles. The average molecular weight is 467 g/mol. The van der Waals surface area contributed by atoms with Crippen molar-refractivity contribution in [1.82, 2.24) is 14.8 Å². The molecule has 4 aromatic rings. The highest BCUT2D eigenvalue weighted by atomic mass is 32.2. The summed E-state index contributed by atoms with van der Waals surface area (Å²) in [5.74, 6) is -0.641. The first-order chi connectivity index (χ1) is 15.4. The van der Waals surface area contributed by atoms with E-state index in [-0.39, 0.29) is 16.9 Å². The van der Waals surface area contributed by atoms with Crippen LogP contribution in [0.25, 0.3) is 0 Å². The predicted octanol–water partition coefficient (Wildman–Crippen LogP) is 4.31. The Balaban J connectivity index is 1.62. The molecule has 0 unspecified atom stereocenters. The van der Waals surface area contributed by atoms with Gasteiger partial charge in [0.25, 0.3) is 5.24 Å². The van der Waals surface area contributed by atoms with Gasteiger partial charge in [0, 0.05) is 23.6 Å². The molecule has 4 rings (SSSR count). The van der Waals surface area contributed by atoms with Crippen LogP contribution >= 0.6 is 11.8 Å². The summed E-state index contributed by atoms with van der Waals surface area (Å²) in [6.07, 6.45) is 1.85. The fraction of sp³-hybridized carbons (Fsp3) is 0.0870. The Labute approximate surface area is 189 Å². The average Bonchev–Trinajstić information content (AvgIpc) is 3.21. The number of nitrogens with one attached hydrogen (secondary N) is 1. The predicted molar refractivity (Wildman–Crippen MR) is 125 cm³/mol. The minimum atomic E-state index is -2.53. The number of anilines is 1. The largest absolute Gasteiger partial charge is 0.316 e. The lowest BCUT2D eigenvalue weighted by molar-refractivity contribution is 0.269. The van der Waals surface area contributed by atoms with E-state index < -0.39 is 8.07 Å². The van der Waals surface area contributed by atoms with Crippen molar-refractivity contribution in [1.29, 1.82) is 0 Å². The Hall–Kier alpha value is -3.30. The molecule has 0 atom stereocenters. The molecular formula is C23H20F2N4OSSi. The van der Waals surface area contributed by atoms with Gasteiger partial charge in [0.1, 0.15) is 26.0 Å². The van der Waals surface area contributed by atoms with Gasteiger partial charge in [-0.3, -0.25) is 4.79 Å². The SMILES string of the molecule is C[Si](Cn1ncnc1SC(=O)Nc1ccccc1)(c1ccc(F)cc1)c1ccc(F)cc1. The van der Waals surface area contributed by atoms with Crippen LogP contribution in [0.2, 0.25) is 6.55 Å².